The minimum Gasteiger partial charge on any atom is -0.384 e. The maximum absolute atomic E-state index is 9.28. The van der Waals surface area contributed by atoms with Crippen molar-refractivity contribution in [1.82, 2.24) is 4.57 Å². The lowest BCUT2D eigenvalue weighted by Crippen LogP contribution is -2.10. The molecule has 0 unspecified atom stereocenters. The fourth-order valence-corrected chi connectivity index (χ4v) is 2.30. The molecule has 0 bridgehead atoms. The molecule has 2 N–H and O–H groups in total. The van der Waals surface area contributed by atoms with Gasteiger partial charge in [0.25, 0.3) is 0 Å². The van der Waals surface area contributed by atoms with Crippen molar-refractivity contribution in [2.45, 2.75) is 53.0 Å². The first-order chi connectivity index (χ1) is 9.06. The summed E-state index contributed by atoms with van der Waals surface area (Å²) in [6.07, 6.45) is 4.07. The van der Waals surface area contributed by atoms with Crippen LogP contribution in [0.15, 0.2) is 0 Å². The number of nitrogens with two attached hydrogens (primary N) is 1. The van der Waals surface area contributed by atoms with Crippen molar-refractivity contribution < 1.29 is 0 Å². The summed E-state index contributed by atoms with van der Waals surface area (Å²) in [7, 11) is 0. The molecule has 0 atom stereocenters. The monoisotopic (exact) mass is 258 g/mol. The number of nitrogen functional groups attached to an aromatic ring is 1. The van der Waals surface area contributed by atoms with Gasteiger partial charge >= 0.3 is 0 Å². The quantitative estimate of drug-likeness (QED) is 0.796. The molecule has 0 aliphatic carbocycles. The van der Waals surface area contributed by atoms with E-state index in [1.165, 1.54) is 0 Å². The van der Waals surface area contributed by atoms with Crippen molar-refractivity contribution in [2.24, 2.45) is 5.92 Å². The molecule has 1 rings (SSSR count). The van der Waals surface area contributed by atoms with Crippen LogP contribution in [-0.2, 0) is 13.0 Å². The van der Waals surface area contributed by atoms with Crippen LogP contribution in [-0.4, -0.2) is 4.57 Å². The van der Waals surface area contributed by atoms with Crippen LogP contribution in [0.4, 0.5) is 5.82 Å². The standard InChI is InChI=1S/C15H22N4/c1-4-5-6-7-19-14(8-11(2)3)12(9-16)13(10-17)15(19)18/h11H,4-8,18H2,1-3H3. The van der Waals surface area contributed by atoms with Crippen LogP contribution in [0.5, 0.6) is 0 Å². The Morgan fingerprint density at radius 1 is 1.16 bits per heavy atom. The summed E-state index contributed by atoms with van der Waals surface area (Å²) < 4.78 is 1.97. The second kappa shape index (κ2) is 6.85. The molecule has 0 aliphatic rings. The fraction of sp³-hybridized carbons (Fsp3) is 0.600. The number of nitrogens with zero attached hydrogens (tertiary/aromatic N) is 3. The number of aromatic nitrogens is 1. The summed E-state index contributed by atoms with van der Waals surface area (Å²) in [5.41, 5.74) is 7.76. The molecule has 4 heteroatoms. The highest BCUT2D eigenvalue weighted by molar-refractivity contribution is 5.63. The second-order valence-corrected chi connectivity index (χ2v) is 5.26. The van der Waals surface area contributed by atoms with Crippen molar-refractivity contribution >= 4 is 5.82 Å². The maximum atomic E-state index is 9.28. The second-order valence-electron chi connectivity index (χ2n) is 5.26. The van der Waals surface area contributed by atoms with E-state index in [9.17, 15) is 10.5 Å². The van der Waals surface area contributed by atoms with Gasteiger partial charge in [-0.05, 0) is 18.8 Å². The average Bonchev–Trinajstić information content (AvgIpc) is 2.61. The van der Waals surface area contributed by atoms with Crippen molar-refractivity contribution in [3.63, 3.8) is 0 Å². The molecule has 0 saturated heterocycles. The third-order valence-corrected chi connectivity index (χ3v) is 3.22. The minimum absolute atomic E-state index is 0.342. The molecule has 0 saturated carbocycles. The van der Waals surface area contributed by atoms with Gasteiger partial charge in [-0.3, -0.25) is 0 Å². The van der Waals surface area contributed by atoms with Gasteiger partial charge in [-0.2, -0.15) is 10.5 Å². The highest BCUT2D eigenvalue weighted by Gasteiger charge is 2.21. The molecular weight excluding hydrogens is 236 g/mol. The zero-order chi connectivity index (χ0) is 14.4. The molecule has 1 aromatic heterocycles. The summed E-state index contributed by atoms with van der Waals surface area (Å²) in [4.78, 5) is 0. The summed E-state index contributed by atoms with van der Waals surface area (Å²) in [5.74, 6) is 0.878. The molecule has 1 heterocycles. The van der Waals surface area contributed by atoms with Crippen molar-refractivity contribution in [3.05, 3.63) is 16.8 Å². The number of unbranched alkanes of at least 4 members (excludes halogenated alkanes) is 2. The number of rotatable bonds is 6. The maximum Gasteiger partial charge on any atom is 0.123 e. The third-order valence-electron chi connectivity index (χ3n) is 3.22. The molecule has 0 amide bonds. The van der Waals surface area contributed by atoms with Crippen LogP contribution in [0, 0.1) is 28.6 Å². The first kappa shape index (κ1) is 15.1. The van der Waals surface area contributed by atoms with Crippen molar-refractivity contribution in [3.8, 4) is 12.1 Å². The molecule has 0 radical (unpaired) electrons. The van der Waals surface area contributed by atoms with Gasteiger partial charge in [0.1, 0.15) is 23.5 Å². The fourth-order valence-electron chi connectivity index (χ4n) is 2.30. The van der Waals surface area contributed by atoms with E-state index >= 15 is 0 Å². The van der Waals surface area contributed by atoms with Crippen LogP contribution in [0.2, 0.25) is 0 Å². The molecule has 0 fully saturated rings. The molecule has 1 aromatic rings. The Bertz CT molecular complexity index is 512. The van der Waals surface area contributed by atoms with Gasteiger partial charge in [-0.25, -0.2) is 0 Å². The number of anilines is 1. The molecular formula is C15H22N4. The topological polar surface area (TPSA) is 78.5 Å². The van der Waals surface area contributed by atoms with Crippen molar-refractivity contribution in [1.29, 1.82) is 10.5 Å². The lowest BCUT2D eigenvalue weighted by Gasteiger charge is -2.12. The Kier molecular flexibility index (Phi) is 5.45. The highest BCUT2D eigenvalue weighted by Crippen LogP contribution is 2.27. The summed E-state index contributed by atoms with van der Waals surface area (Å²) in [5, 5.41) is 18.5. The van der Waals surface area contributed by atoms with Crippen LogP contribution in [0.25, 0.3) is 0 Å². The van der Waals surface area contributed by atoms with E-state index in [4.69, 9.17) is 5.73 Å². The summed E-state index contributed by atoms with van der Waals surface area (Å²) >= 11 is 0. The Morgan fingerprint density at radius 2 is 1.79 bits per heavy atom. The normalized spacial score (nSPS) is 10.4. The Morgan fingerprint density at radius 3 is 2.26 bits per heavy atom. The lowest BCUT2D eigenvalue weighted by atomic mass is 10.0. The lowest BCUT2D eigenvalue weighted by molar-refractivity contribution is 0.557. The van der Waals surface area contributed by atoms with E-state index in [1.54, 1.807) is 0 Å². The Balaban J connectivity index is 3.22. The number of hydrogen-bond donors (Lipinski definition) is 1. The van der Waals surface area contributed by atoms with E-state index in [1.807, 2.05) is 4.57 Å². The van der Waals surface area contributed by atoms with Crippen LogP contribution in [0.3, 0.4) is 0 Å². The van der Waals surface area contributed by atoms with Gasteiger partial charge in [0.05, 0.1) is 5.56 Å². The number of hydrogen-bond acceptors (Lipinski definition) is 3. The van der Waals surface area contributed by atoms with Gasteiger partial charge in [-0.15, -0.1) is 0 Å². The van der Waals surface area contributed by atoms with Crippen molar-refractivity contribution in [2.75, 3.05) is 5.73 Å². The van der Waals surface area contributed by atoms with Gasteiger partial charge in [0.15, 0.2) is 0 Å². The van der Waals surface area contributed by atoms with E-state index in [2.05, 4.69) is 32.9 Å². The van der Waals surface area contributed by atoms with Gasteiger partial charge in [0, 0.05) is 12.2 Å². The van der Waals surface area contributed by atoms with E-state index in [0.29, 0.717) is 22.9 Å². The first-order valence-electron chi connectivity index (χ1n) is 6.87. The predicted octanol–water partition coefficient (Wildman–Crippen LogP) is 3.20. The van der Waals surface area contributed by atoms with Crippen LogP contribution >= 0.6 is 0 Å². The first-order valence-corrected chi connectivity index (χ1v) is 6.87. The third kappa shape index (κ3) is 3.29. The van der Waals surface area contributed by atoms with Gasteiger partial charge < -0.3 is 10.3 Å². The van der Waals surface area contributed by atoms with Crippen LogP contribution in [0.1, 0.15) is 56.9 Å². The molecule has 19 heavy (non-hydrogen) atoms. The molecule has 102 valence electrons. The van der Waals surface area contributed by atoms with Crippen LogP contribution < -0.4 is 5.73 Å². The predicted molar refractivity (Wildman–Crippen MR) is 76.3 cm³/mol. The summed E-state index contributed by atoms with van der Waals surface area (Å²) in [6, 6.07) is 4.22. The van der Waals surface area contributed by atoms with E-state index in [0.717, 1.165) is 37.9 Å². The highest BCUT2D eigenvalue weighted by atomic mass is 15.1. The van der Waals surface area contributed by atoms with Gasteiger partial charge in [0.2, 0.25) is 0 Å². The smallest absolute Gasteiger partial charge is 0.123 e. The molecule has 0 spiro atoms. The molecule has 0 aliphatic heterocycles. The SMILES string of the molecule is CCCCCn1c(N)c(C#N)c(C#N)c1CC(C)C. The molecule has 0 aromatic carbocycles. The average molecular weight is 258 g/mol. The Labute approximate surface area is 115 Å². The van der Waals surface area contributed by atoms with E-state index < -0.39 is 0 Å². The zero-order valence-electron chi connectivity index (χ0n) is 12.0. The van der Waals surface area contributed by atoms with Gasteiger partial charge in [-0.1, -0.05) is 33.6 Å². The zero-order valence-corrected chi connectivity index (χ0v) is 12.0. The molecule has 4 nitrogen and oxygen atoms in total. The summed E-state index contributed by atoms with van der Waals surface area (Å²) in [6.45, 7) is 7.15. The minimum atomic E-state index is 0.342. The van der Waals surface area contributed by atoms with E-state index in [-0.39, 0.29) is 0 Å². The number of nitriles is 2. The largest absolute Gasteiger partial charge is 0.384 e. The Hall–Kier alpha value is -1.94.